The summed E-state index contributed by atoms with van der Waals surface area (Å²) in [6, 6.07) is 19.3. The zero-order valence-corrected chi connectivity index (χ0v) is 24.1. The molecular formula is C28H31N3O8S2. The van der Waals surface area contributed by atoms with Crippen LogP contribution in [0.1, 0.15) is 5.56 Å². The van der Waals surface area contributed by atoms with E-state index in [1.54, 1.807) is 48.5 Å². The van der Waals surface area contributed by atoms with E-state index in [-0.39, 0.29) is 29.5 Å². The Morgan fingerprint density at radius 1 is 0.927 bits per heavy atom. The highest BCUT2D eigenvalue weighted by molar-refractivity contribution is 7.92. The van der Waals surface area contributed by atoms with Crippen LogP contribution in [0.5, 0.6) is 11.5 Å². The highest BCUT2D eigenvalue weighted by Gasteiger charge is 2.37. The molecule has 218 valence electrons. The highest BCUT2D eigenvalue weighted by Crippen LogP contribution is 2.37. The van der Waals surface area contributed by atoms with Crippen LogP contribution in [0.15, 0.2) is 82.6 Å². The quantitative estimate of drug-likeness (QED) is 0.369. The van der Waals surface area contributed by atoms with Crippen molar-refractivity contribution in [1.82, 2.24) is 9.62 Å². The number of aryl methyl sites for hydroxylation is 1. The number of fused-ring (bicyclic) bond motifs is 1. The molecule has 2 aliphatic heterocycles. The van der Waals surface area contributed by atoms with Crippen LogP contribution in [0, 0.1) is 6.92 Å². The van der Waals surface area contributed by atoms with Gasteiger partial charge in [0.15, 0.2) is 6.10 Å². The van der Waals surface area contributed by atoms with Gasteiger partial charge in [0.05, 0.1) is 41.8 Å². The van der Waals surface area contributed by atoms with Crippen LogP contribution in [0.25, 0.3) is 0 Å². The van der Waals surface area contributed by atoms with Gasteiger partial charge in [0, 0.05) is 13.1 Å². The Balaban J connectivity index is 1.19. The molecule has 0 aliphatic carbocycles. The fourth-order valence-corrected chi connectivity index (χ4v) is 7.45. The number of ether oxygens (including phenoxy) is 3. The number of hydrogen-bond donors (Lipinski definition) is 1. The second kappa shape index (κ2) is 12.1. The summed E-state index contributed by atoms with van der Waals surface area (Å²) in [5.74, 6) is 0.263. The third-order valence-corrected chi connectivity index (χ3v) is 10.4. The zero-order chi connectivity index (χ0) is 29.0. The molecule has 1 saturated heterocycles. The number of hydrogen-bond acceptors (Lipinski definition) is 8. The van der Waals surface area contributed by atoms with Gasteiger partial charge < -0.3 is 19.5 Å². The van der Waals surface area contributed by atoms with E-state index in [2.05, 4.69) is 5.32 Å². The fraction of sp³-hybridized carbons (Fsp3) is 0.321. The van der Waals surface area contributed by atoms with Crippen molar-refractivity contribution in [1.29, 1.82) is 0 Å². The first-order valence-electron chi connectivity index (χ1n) is 13.1. The third kappa shape index (κ3) is 6.32. The Kier molecular flexibility index (Phi) is 8.50. The van der Waals surface area contributed by atoms with Gasteiger partial charge in [0.2, 0.25) is 10.0 Å². The molecule has 0 bridgehead atoms. The van der Waals surface area contributed by atoms with Gasteiger partial charge in [-0.15, -0.1) is 0 Å². The van der Waals surface area contributed by atoms with Crippen LogP contribution in [-0.4, -0.2) is 79.2 Å². The lowest BCUT2D eigenvalue weighted by molar-refractivity contribution is -0.127. The van der Waals surface area contributed by atoms with E-state index in [0.717, 1.165) is 5.56 Å². The first kappa shape index (κ1) is 28.9. The normalized spacial score (nSPS) is 17.8. The Morgan fingerprint density at radius 2 is 1.61 bits per heavy atom. The lowest BCUT2D eigenvalue weighted by atomic mass is 10.1. The number of nitrogens with one attached hydrogen (secondary N) is 1. The maximum absolute atomic E-state index is 13.5. The van der Waals surface area contributed by atoms with Crippen molar-refractivity contribution >= 4 is 31.6 Å². The molecule has 5 rings (SSSR count). The van der Waals surface area contributed by atoms with Crippen LogP contribution in [-0.2, 0) is 29.6 Å². The standard InChI is InChI=1S/C28H31N3O8S2/c1-21-7-12-25-26(19-21)39-27(20-31(25)41(35,36)23-5-3-2-4-6-23)28(32)29-13-16-38-22-8-10-24(11-9-22)40(33,34)30-14-17-37-18-15-30/h2-12,19,27H,13-18,20H2,1H3,(H,29,32)/t27-/m1/s1. The summed E-state index contributed by atoms with van der Waals surface area (Å²) in [5.41, 5.74) is 1.23. The van der Waals surface area contributed by atoms with Crippen molar-refractivity contribution in [2.24, 2.45) is 0 Å². The number of carbonyl (C=O) groups is 1. The number of anilines is 1. The summed E-state index contributed by atoms with van der Waals surface area (Å²) in [5, 5.41) is 2.73. The van der Waals surface area contributed by atoms with Crippen molar-refractivity contribution in [3.8, 4) is 11.5 Å². The number of amides is 1. The number of carbonyl (C=O) groups excluding carboxylic acids is 1. The number of sulfonamides is 2. The minimum atomic E-state index is -3.94. The summed E-state index contributed by atoms with van der Waals surface area (Å²) < 4.78 is 71.9. The average molecular weight is 602 g/mol. The second-order valence-corrected chi connectivity index (χ2v) is 13.4. The molecule has 0 aromatic heterocycles. The van der Waals surface area contributed by atoms with E-state index in [9.17, 15) is 21.6 Å². The van der Waals surface area contributed by atoms with Gasteiger partial charge in [-0.1, -0.05) is 24.3 Å². The van der Waals surface area contributed by atoms with Gasteiger partial charge in [-0.2, -0.15) is 4.31 Å². The van der Waals surface area contributed by atoms with Gasteiger partial charge >= 0.3 is 0 Å². The first-order valence-corrected chi connectivity index (χ1v) is 16.0. The summed E-state index contributed by atoms with van der Waals surface area (Å²) in [6.45, 7) is 3.24. The van der Waals surface area contributed by atoms with E-state index in [1.807, 2.05) is 6.92 Å². The Bertz CT molecular complexity index is 1590. The average Bonchev–Trinajstić information content (AvgIpc) is 2.99. The number of nitrogens with zero attached hydrogens (tertiary/aromatic N) is 2. The maximum atomic E-state index is 13.5. The van der Waals surface area contributed by atoms with Crippen molar-refractivity contribution in [2.75, 3.05) is 50.3 Å². The molecule has 0 saturated carbocycles. The van der Waals surface area contributed by atoms with Gasteiger partial charge in [-0.05, 0) is 61.0 Å². The van der Waals surface area contributed by atoms with E-state index >= 15 is 0 Å². The van der Waals surface area contributed by atoms with E-state index in [0.29, 0.717) is 43.5 Å². The van der Waals surface area contributed by atoms with Crippen LogP contribution in [0.2, 0.25) is 0 Å². The Hall–Kier alpha value is -3.65. The maximum Gasteiger partial charge on any atom is 0.264 e. The summed E-state index contributed by atoms with van der Waals surface area (Å²) in [4.78, 5) is 13.3. The minimum Gasteiger partial charge on any atom is -0.492 e. The number of morpholine rings is 1. The number of benzene rings is 3. The molecule has 41 heavy (non-hydrogen) atoms. The molecule has 1 fully saturated rings. The highest BCUT2D eigenvalue weighted by atomic mass is 32.2. The van der Waals surface area contributed by atoms with Crippen LogP contribution < -0.4 is 19.1 Å². The SMILES string of the molecule is Cc1ccc2c(c1)O[C@@H](C(=O)NCCOc1ccc(S(=O)(=O)N3CCOCC3)cc1)CN2S(=O)(=O)c1ccccc1. The lowest BCUT2D eigenvalue weighted by Gasteiger charge is -2.35. The van der Waals surface area contributed by atoms with Crippen LogP contribution >= 0.6 is 0 Å². The van der Waals surface area contributed by atoms with Gasteiger partial charge in [0.25, 0.3) is 15.9 Å². The van der Waals surface area contributed by atoms with Crippen molar-refractivity contribution < 1.29 is 35.8 Å². The zero-order valence-electron chi connectivity index (χ0n) is 22.4. The number of rotatable bonds is 9. The molecule has 13 heteroatoms. The molecule has 2 aliphatic rings. The molecule has 2 heterocycles. The summed E-state index contributed by atoms with van der Waals surface area (Å²) in [6.07, 6.45) is -1.08. The van der Waals surface area contributed by atoms with Crippen molar-refractivity contribution in [3.63, 3.8) is 0 Å². The minimum absolute atomic E-state index is 0.107. The molecule has 1 atom stereocenters. The molecule has 0 spiro atoms. The van der Waals surface area contributed by atoms with E-state index < -0.39 is 32.1 Å². The summed E-state index contributed by atoms with van der Waals surface area (Å²) >= 11 is 0. The monoisotopic (exact) mass is 601 g/mol. The van der Waals surface area contributed by atoms with Gasteiger partial charge in [-0.3, -0.25) is 9.10 Å². The molecular weight excluding hydrogens is 570 g/mol. The van der Waals surface area contributed by atoms with Gasteiger partial charge in [0.1, 0.15) is 18.1 Å². The Labute approximate surface area is 239 Å². The van der Waals surface area contributed by atoms with Crippen molar-refractivity contribution in [2.45, 2.75) is 22.8 Å². The predicted octanol–water partition coefficient (Wildman–Crippen LogP) is 2.17. The Morgan fingerprint density at radius 3 is 2.32 bits per heavy atom. The summed E-state index contributed by atoms with van der Waals surface area (Å²) in [7, 11) is -7.55. The topological polar surface area (TPSA) is 132 Å². The smallest absolute Gasteiger partial charge is 0.264 e. The molecule has 11 nitrogen and oxygen atoms in total. The lowest BCUT2D eigenvalue weighted by Crippen LogP contribution is -2.51. The predicted molar refractivity (Wildman–Crippen MR) is 151 cm³/mol. The van der Waals surface area contributed by atoms with Crippen LogP contribution in [0.3, 0.4) is 0 Å². The van der Waals surface area contributed by atoms with Crippen molar-refractivity contribution in [3.05, 3.63) is 78.4 Å². The fourth-order valence-electron chi connectivity index (χ4n) is 4.55. The first-order chi connectivity index (χ1) is 19.7. The molecule has 0 radical (unpaired) electrons. The molecule has 3 aromatic carbocycles. The third-order valence-electron chi connectivity index (χ3n) is 6.71. The van der Waals surface area contributed by atoms with Gasteiger partial charge in [-0.25, -0.2) is 16.8 Å². The molecule has 3 aromatic rings. The van der Waals surface area contributed by atoms with Crippen LogP contribution in [0.4, 0.5) is 5.69 Å². The van der Waals surface area contributed by atoms with E-state index in [4.69, 9.17) is 14.2 Å². The molecule has 0 unspecified atom stereocenters. The largest absolute Gasteiger partial charge is 0.492 e. The van der Waals surface area contributed by atoms with E-state index in [1.165, 1.54) is 32.9 Å². The molecule has 1 N–H and O–H groups in total. The second-order valence-electron chi connectivity index (χ2n) is 9.55. The molecule has 1 amide bonds.